The molecular weight excluding hydrogens is 225 g/mol. The summed E-state index contributed by atoms with van der Waals surface area (Å²) < 4.78 is 11.8. The molecule has 0 aromatic rings. The molecule has 1 aliphatic heterocycles. The zero-order valence-corrected chi connectivity index (χ0v) is 11.8. The number of hydrogen-bond donors (Lipinski definition) is 2. The largest absolute Gasteiger partial charge is 0.345 e. The second kappa shape index (κ2) is 4.09. The average molecular weight is 249 g/mol. The van der Waals surface area contributed by atoms with E-state index in [9.17, 15) is 14.4 Å². The molecule has 4 nitrogen and oxygen atoms in total. The van der Waals surface area contributed by atoms with E-state index in [2.05, 4.69) is 13.8 Å². The van der Waals surface area contributed by atoms with Crippen LogP contribution < -0.4 is 0 Å². The maximum Gasteiger partial charge on any atom is 0.345 e. The summed E-state index contributed by atoms with van der Waals surface area (Å²) in [6.07, 6.45) is 1.65. The molecule has 0 aliphatic carbocycles. The lowest BCUT2D eigenvalue weighted by atomic mass is 9.92. The molecule has 1 saturated heterocycles. The van der Waals surface area contributed by atoms with Crippen LogP contribution in [0.1, 0.15) is 47.5 Å². The normalized spacial score (nSPS) is 35.6. The second-order valence-corrected chi connectivity index (χ2v) is 7.50. The Balaban J connectivity index is 3.27. The van der Waals surface area contributed by atoms with Gasteiger partial charge in [-0.3, -0.25) is 9.46 Å². The number of nitrogens with zero attached hydrogens (tertiary/aromatic N) is 1. The molecule has 96 valence electrons. The first-order chi connectivity index (χ1) is 7.11. The first kappa shape index (κ1) is 14.2. The number of hydrogen-bond acceptors (Lipinski definition) is 2. The Hall–Kier alpha value is 0.110. The summed E-state index contributed by atoms with van der Waals surface area (Å²) in [6.45, 7) is 10.5. The van der Waals surface area contributed by atoms with Crippen molar-refractivity contribution >= 4 is 7.60 Å². The Kier molecular flexibility index (Phi) is 3.63. The van der Waals surface area contributed by atoms with Crippen LogP contribution in [0, 0.1) is 5.92 Å². The van der Waals surface area contributed by atoms with Gasteiger partial charge < -0.3 is 9.79 Å². The molecule has 16 heavy (non-hydrogen) atoms. The fourth-order valence-electron chi connectivity index (χ4n) is 3.41. The van der Waals surface area contributed by atoms with Crippen molar-refractivity contribution in [2.24, 2.45) is 5.92 Å². The minimum absolute atomic E-state index is 0.0586. The Morgan fingerprint density at radius 3 is 2.12 bits per heavy atom. The van der Waals surface area contributed by atoms with Gasteiger partial charge in [-0.2, -0.15) is 0 Å². The van der Waals surface area contributed by atoms with E-state index in [1.807, 2.05) is 18.7 Å². The molecule has 0 radical (unpaired) electrons. The van der Waals surface area contributed by atoms with Crippen LogP contribution in [0.2, 0.25) is 0 Å². The summed E-state index contributed by atoms with van der Waals surface area (Å²) in [5.41, 5.74) is -0.134. The van der Waals surface area contributed by atoms with Gasteiger partial charge >= 0.3 is 7.60 Å². The van der Waals surface area contributed by atoms with Gasteiger partial charge in [-0.15, -0.1) is 0 Å². The van der Waals surface area contributed by atoms with Crippen molar-refractivity contribution in [3.05, 3.63) is 0 Å². The second-order valence-electron chi connectivity index (χ2n) is 5.50. The Labute approximate surface area is 98.2 Å². The van der Waals surface area contributed by atoms with E-state index in [-0.39, 0.29) is 11.5 Å². The number of likely N-dealkylation sites (tertiary alicyclic amines) is 1. The molecule has 0 bridgehead atoms. The van der Waals surface area contributed by atoms with Gasteiger partial charge in [0, 0.05) is 5.54 Å². The summed E-state index contributed by atoms with van der Waals surface area (Å²) in [7, 11) is -4.12. The summed E-state index contributed by atoms with van der Waals surface area (Å²) in [5.74, 6) is 0.0586. The van der Waals surface area contributed by atoms with Crippen LogP contribution in [-0.4, -0.2) is 32.1 Å². The Bertz CT molecular complexity index is 312. The topological polar surface area (TPSA) is 60.8 Å². The molecule has 1 heterocycles. The first-order valence-corrected chi connectivity index (χ1v) is 7.55. The lowest BCUT2D eigenvalue weighted by molar-refractivity contribution is 0.0927. The highest BCUT2D eigenvalue weighted by Crippen LogP contribution is 2.63. The van der Waals surface area contributed by atoms with E-state index in [0.29, 0.717) is 6.54 Å². The highest BCUT2D eigenvalue weighted by Gasteiger charge is 2.61. The molecule has 2 N–H and O–H groups in total. The maximum absolute atomic E-state index is 11.8. The van der Waals surface area contributed by atoms with E-state index in [1.54, 1.807) is 6.92 Å². The van der Waals surface area contributed by atoms with Crippen LogP contribution in [0.5, 0.6) is 0 Å². The van der Waals surface area contributed by atoms with Crippen molar-refractivity contribution in [2.75, 3.05) is 6.54 Å². The molecular formula is C11H24NO3P. The van der Waals surface area contributed by atoms with Crippen molar-refractivity contribution in [3.8, 4) is 0 Å². The zero-order chi connectivity index (χ0) is 12.8. The van der Waals surface area contributed by atoms with Crippen molar-refractivity contribution < 1.29 is 14.4 Å². The van der Waals surface area contributed by atoms with E-state index < -0.39 is 12.9 Å². The molecule has 2 atom stereocenters. The van der Waals surface area contributed by atoms with Gasteiger partial charge in [0.05, 0.1) is 0 Å². The minimum Gasteiger partial charge on any atom is -0.323 e. The smallest absolute Gasteiger partial charge is 0.323 e. The van der Waals surface area contributed by atoms with Crippen LogP contribution in [0.15, 0.2) is 0 Å². The molecule has 2 unspecified atom stereocenters. The quantitative estimate of drug-likeness (QED) is 0.754. The molecule has 0 amide bonds. The van der Waals surface area contributed by atoms with Gasteiger partial charge in [0.15, 0.2) is 0 Å². The highest BCUT2D eigenvalue weighted by molar-refractivity contribution is 7.53. The summed E-state index contributed by atoms with van der Waals surface area (Å²) in [4.78, 5) is 21.3. The minimum atomic E-state index is -4.12. The third kappa shape index (κ3) is 1.86. The Morgan fingerprint density at radius 2 is 1.81 bits per heavy atom. The number of rotatable bonds is 3. The van der Waals surface area contributed by atoms with Crippen molar-refractivity contribution in [1.82, 2.24) is 4.90 Å². The van der Waals surface area contributed by atoms with Crippen molar-refractivity contribution in [1.29, 1.82) is 0 Å². The van der Waals surface area contributed by atoms with Crippen molar-refractivity contribution in [2.45, 2.75) is 58.3 Å². The maximum atomic E-state index is 11.8. The van der Waals surface area contributed by atoms with Gasteiger partial charge in [-0.05, 0) is 39.7 Å². The highest BCUT2D eigenvalue weighted by atomic mass is 31.2. The van der Waals surface area contributed by atoms with Gasteiger partial charge in [-0.1, -0.05) is 20.3 Å². The molecule has 0 aromatic carbocycles. The first-order valence-electron chi connectivity index (χ1n) is 5.94. The monoisotopic (exact) mass is 249 g/mol. The lowest BCUT2D eigenvalue weighted by Gasteiger charge is -2.43. The zero-order valence-electron chi connectivity index (χ0n) is 10.9. The lowest BCUT2D eigenvalue weighted by Crippen LogP contribution is -2.51. The summed E-state index contributed by atoms with van der Waals surface area (Å²) in [6, 6.07) is 0. The van der Waals surface area contributed by atoms with Crippen LogP contribution in [-0.2, 0) is 4.57 Å². The van der Waals surface area contributed by atoms with Crippen molar-refractivity contribution in [3.63, 3.8) is 0 Å². The molecule has 0 saturated carbocycles. The van der Waals surface area contributed by atoms with Gasteiger partial charge in [0.2, 0.25) is 0 Å². The third-order valence-corrected chi connectivity index (χ3v) is 5.98. The fraction of sp³-hybridized carbons (Fsp3) is 1.00. The van der Waals surface area contributed by atoms with Crippen LogP contribution in [0.25, 0.3) is 0 Å². The SMILES string of the molecule is CCC1CC(C)(C)N(CC)C1(C)P(=O)(O)O. The molecule has 1 rings (SSSR count). The molecule has 1 aliphatic rings. The molecule has 0 aromatic heterocycles. The standard InChI is InChI=1S/C11H24NO3P/c1-6-9-8-10(3,4)12(7-2)11(9,5)16(13,14)15/h9H,6-8H2,1-5H3,(H2,13,14,15). The van der Waals surface area contributed by atoms with Crippen LogP contribution in [0.4, 0.5) is 0 Å². The molecule has 5 heteroatoms. The van der Waals surface area contributed by atoms with E-state index in [1.165, 1.54) is 0 Å². The van der Waals surface area contributed by atoms with Crippen LogP contribution >= 0.6 is 7.60 Å². The third-order valence-electron chi connectivity index (χ3n) is 4.20. The van der Waals surface area contributed by atoms with E-state index in [0.717, 1.165) is 12.8 Å². The average Bonchev–Trinajstić information content (AvgIpc) is 2.32. The van der Waals surface area contributed by atoms with Gasteiger partial charge in [0.25, 0.3) is 0 Å². The predicted molar refractivity (Wildman–Crippen MR) is 65.3 cm³/mol. The fourth-order valence-corrected chi connectivity index (χ4v) is 4.89. The van der Waals surface area contributed by atoms with Crippen LogP contribution in [0.3, 0.4) is 0 Å². The van der Waals surface area contributed by atoms with Gasteiger partial charge in [-0.25, -0.2) is 0 Å². The molecule has 0 spiro atoms. The van der Waals surface area contributed by atoms with E-state index >= 15 is 0 Å². The van der Waals surface area contributed by atoms with E-state index in [4.69, 9.17) is 0 Å². The predicted octanol–water partition coefficient (Wildman–Crippen LogP) is 2.41. The Morgan fingerprint density at radius 1 is 1.31 bits per heavy atom. The summed E-state index contributed by atoms with van der Waals surface area (Å²) >= 11 is 0. The summed E-state index contributed by atoms with van der Waals surface area (Å²) in [5, 5.41) is -1.00. The van der Waals surface area contributed by atoms with Gasteiger partial charge in [0.1, 0.15) is 5.28 Å². The molecule has 1 fully saturated rings.